The largest absolute Gasteiger partial charge is 0.396 e. The van der Waals surface area contributed by atoms with Crippen LogP contribution >= 0.6 is 11.3 Å². The molecule has 2 heterocycles. The van der Waals surface area contributed by atoms with E-state index >= 15 is 0 Å². The summed E-state index contributed by atoms with van der Waals surface area (Å²) in [7, 11) is 0. The average molecular weight is 291 g/mol. The van der Waals surface area contributed by atoms with Crippen molar-refractivity contribution < 1.29 is 5.11 Å². The van der Waals surface area contributed by atoms with Crippen molar-refractivity contribution in [2.75, 3.05) is 17.7 Å². The molecule has 0 saturated heterocycles. The number of nitrogens with two attached hydrogens (primary N) is 1. The number of hydrogen-bond donors (Lipinski definition) is 3. The van der Waals surface area contributed by atoms with E-state index in [0.29, 0.717) is 12.0 Å². The lowest BCUT2D eigenvalue weighted by Crippen LogP contribution is -2.18. The Morgan fingerprint density at radius 1 is 1.40 bits per heavy atom. The van der Waals surface area contributed by atoms with Crippen molar-refractivity contribution in [1.29, 1.82) is 0 Å². The molecule has 6 nitrogen and oxygen atoms in total. The molecule has 1 saturated carbocycles. The SMILES string of the molecule is Nc1ncc(-c2nccs2)c(NC2CCC(CO)C2)n1. The van der Waals surface area contributed by atoms with E-state index in [1.165, 1.54) is 0 Å². The zero-order chi connectivity index (χ0) is 13.9. The molecule has 1 fully saturated rings. The molecule has 1 aliphatic carbocycles. The fourth-order valence-corrected chi connectivity index (χ4v) is 3.23. The van der Waals surface area contributed by atoms with E-state index in [2.05, 4.69) is 20.3 Å². The first kappa shape index (κ1) is 13.3. The van der Waals surface area contributed by atoms with Crippen LogP contribution in [0.2, 0.25) is 0 Å². The lowest BCUT2D eigenvalue weighted by atomic mass is 10.1. The van der Waals surface area contributed by atoms with Gasteiger partial charge in [-0.05, 0) is 25.2 Å². The molecule has 3 rings (SSSR count). The Kier molecular flexibility index (Phi) is 3.79. The lowest BCUT2D eigenvalue weighted by Gasteiger charge is -2.15. The number of hydrogen-bond acceptors (Lipinski definition) is 7. The van der Waals surface area contributed by atoms with Gasteiger partial charge in [0.2, 0.25) is 5.95 Å². The molecule has 0 spiro atoms. The first-order chi connectivity index (χ1) is 9.76. The summed E-state index contributed by atoms with van der Waals surface area (Å²) in [5.41, 5.74) is 6.57. The quantitative estimate of drug-likeness (QED) is 0.794. The van der Waals surface area contributed by atoms with Crippen LogP contribution in [0.25, 0.3) is 10.6 Å². The number of nitrogens with one attached hydrogen (secondary N) is 1. The van der Waals surface area contributed by atoms with E-state index < -0.39 is 0 Å². The minimum atomic E-state index is 0.253. The van der Waals surface area contributed by atoms with Gasteiger partial charge < -0.3 is 16.2 Å². The summed E-state index contributed by atoms with van der Waals surface area (Å²) in [6.07, 6.45) is 6.50. The van der Waals surface area contributed by atoms with Gasteiger partial charge in [0, 0.05) is 30.4 Å². The molecule has 2 unspecified atom stereocenters. The Balaban J connectivity index is 1.83. The third-order valence-corrected chi connectivity index (χ3v) is 4.42. The summed E-state index contributed by atoms with van der Waals surface area (Å²) in [4.78, 5) is 12.7. The molecular formula is C13H17N5OS. The molecule has 2 aromatic heterocycles. The third-order valence-electron chi connectivity index (χ3n) is 3.61. The standard InChI is InChI=1S/C13H17N5OS/c14-13-16-6-10(12-15-3-4-20-12)11(18-13)17-9-2-1-8(5-9)7-19/h3-4,6,8-9,19H,1-2,5,7H2,(H3,14,16,17,18). The predicted molar refractivity (Wildman–Crippen MR) is 79.4 cm³/mol. The normalized spacial score (nSPS) is 22.1. The molecule has 0 aromatic carbocycles. The smallest absolute Gasteiger partial charge is 0.221 e. The predicted octanol–water partition coefficient (Wildman–Crippen LogP) is 1.76. The van der Waals surface area contributed by atoms with Crippen LogP contribution in [0, 0.1) is 5.92 Å². The van der Waals surface area contributed by atoms with Gasteiger partial charge in [-0.1, -0.05) is 0 Å². The highest BCUT2D eigenvalue weighted by Gasteiger charge is 2.25. The van der Waals surface area contributed by atoms with Crippen molar-refractivity contribution in [1.82, 2.24) is 15.0 Å². The molecule has 2 atom stereocenters. The minimum Gasteiger partial charge on any atom is -0.396 e. The molecule has 0 bridgehead atoms. The van der Waals surface area contributed by atoms with Crippen LogP contribution in [0.1, 0.15) is 19.3 Å². The van der Waals surface area contributed by atoms with Gasteiger partial charge >= 0.3 is 0 Å². The van der Waals surface area contributed by atoms with Crippen molar-refractivity contribution in [3.8, 4) is 10.6 Å². The van der Waals surface area contributed by atoms with E-state index in [9.17, 15) is 5.11 Å². The number of aromatic nitrogens is 3. The average Bonchev–Trinajstić information content (AvgIpc) is 3.10. The number of anilines is 2. The number of rotatable bonds is 4. The Morgan fingerprint density at radius 2 is 2.30 bits per heavy atom. The number of nitrogens with zero attached hydrogens (tertiary/aromatic N) is 3. The van der Waals surface area contributed by atoms with Crippen molar-refractivity contribution in [2.45, 2.75) is 25.3 Å². The maximum atomic E-state index is 9.22. The van der Waals surface area contributed by atoms with Gasteiger partial charge in [0.1, 0.15) is 10.8 Å². The third kappa shape index (κ3) is 2.73. The molecule has 106 valence electrons. The fourth-order valence-electron chi connectivity index (χ4n) is 2.58. The molecule has 0 aliphatic heterocycles. The maximum absolute atomic E-state index is 9.22. The Labute approximate surface area is 121 Å². The molecule has 0 amide bonds. The van der Waals surface area contributed by atoms with Crippen LogP contribution in [-0.4, -0.2) is 32.7 Å². The van der Waals surface area contributed by atoms with Gasteiger partial charge in [-0.15, -0.1) is 11.3 Å². The fraction of sp³-hybridized carbons (Fsp3) is 0.462. The van der Waals surface area contributed by atoms with Gasteiger partial charge in [0.15, 0.2) is 0 Å². The first-order valence-electron chi connectivity index (χ1n) is 6.66. The van der Waals surface area contributed by atoms with Gasteiger partial charge in [-0.25, -0.2) is 9.97 Å². The van der Waals surface area contributed by atoms with Crippen molar-refractivity contribution in [3.05, 3.63) is 17.8 Å². The highest BCUT2D eigenvalue weighted by molar-refractivity contribution is 7.13. The van der Waals surface area contributed by atoms with Gasteiger partial charge in [0.05, 0.1) is 5.56 Å². The van der Waals surface area contributed by atoms with Crippen LogP contribution < -0.4 is 11.1 Å². The Bertz CT molecular complexity index is 574. The summed E-state index contributed by atoms with van der Waals surface area (Å²) in [6.45, 7) is 0.253. The topological polar surface area (TPSA) is 97.0 Å². The number of aliphatic hydroxyl groups excluding tert-OH is 1. The number of aliphatic hydroxyl groups is 1. The van der Waals surface area contributed by atoms with Gasteiger partial charge in [0.25, 0.3) is 0 Å². The molecule has 4 N–H and O–H groups in total. The summed E-state index contributed by atoms with van der Waals surface area (Å²) in [5, 5.41) is 15.4. The maximum Gasteiger partial charge on any atom is 0.221 e. The minimum absolute atomic E-state index is 0.253. The van der Waals surface area contributed by atoms with E-state index in [0.717, 1.165) is 35.7 Å². The second-order valence-electron chi connectivity index (χ2n) is 5.03. The van der Waals surface area contributed by atoms with Crippen LogP contribution in [0.5, 0.6) is 0 Å². The molecule has 20 heavy (non-hydrogen) atoms. The summed E-state index contributed by atoms with van der Waals surface area (Å²) in [6, 6.07) is 0.320. The second kappa shape index (κ2) is 5.72. The molecule has 1 aliphatic rings. The highest BCUT2D eigenvalue weighted by atomic mass is 32.1. The van der Waals surface area contributed by atoms with Crippen LogP contribution in [0.3, 0.4) is 0 Å². The molecular weight excluding hydrogens is 274 g/mol. The molecule has 2 aromatic rings. The van der Waals surface area contributed by atoms with Crippen LogP contribution in [0.15, 0.2) is 17.8 Å². The summed E-state index contributed by atoms with van der Waals surface area (Å²) in [5.74, 6) is 1.37. The number of nitrogen functional groups attached to an aromatic ring is 1. The van der Waals surface area contributed by atoms with Crippen LogP contribution in [-0.2, 0) is 0 Å². The zero-order valence-electron chi connectivity index (χ0n) is 11.0. The van der Waals surface area contributed by atoms with Gasteiger partial charge in [-0.2, -0.15) is 4.98 Å². The second-order valence-corrected chi connectivity index (χ2v) is 5.93. The Hall–Kier alpha value is -1.73. The van der Waals surface area contributed by atoms with Gasteiger partial charge in [-0.3, -0.25) is 0 Å². The van der Waals surface area contributed by atoms with Crippen LogP contribution in [0.4, 0.5) is 11.8 Å². The monoisotopic (exact) mass is 291 g/mol. The molecule has 7 heteroatoms. The van der Waals surface area contributed by atoms with Crippen molar-refractivity contribution in [2.24, 2.45) is 5.92 Å². The highest BCUT2D eigenvalue weighted by Crippen LogP contribution is 2.32. The lowest BCUT2D eigenvalue weighted by molar-refractivity contribution is 0.229. The summed E-state index contributed by atoms with van der Waals surface area (Å²) >= 11 is 1.55. The number of thiazole rings is 1. The van der Waals surface area contributed by atoms with E-state index in [4.69, 9.17) is 5.73 Å². The van der Waals surface area contributed by atoms with Crippen molar-refractivity contribution >= 4 is 23.1 Å². The van der Waals surface area contributed by atoms with E-state index in [1.54, 1.807) is 23.7 Å². The zero-order valence-corrected chi connectivity index (χ0v) is 11.8. The summed E-state index contributed by atoms with van der Waals surface area (Å²) < 4.78 is 0. The van der Waals surface area contributed by atoms with Crippen molar-refractivity contribution in [3.63, 3.8) is 0 Å². The van der Waals surface area contributed by atoms with E-state index in [1.807, 2.05) is 5.38 Å². The Morgan fingerprint density at radius 3 is 3.00 bits per heavy atom. The van der Waals surface area contributed by atoms with E-state index in [-0.39, 0.29) is 12.6 Å². The molecule has 0 radical (unpaired) electrons. The first-order valence-corrected chi connectivity index (χ1v) is 7.54.